The van der Waals surface area contributed by atoms with E-state index in [1.165, 1.54) is 0 Å². The van der Waals surface area contributed by atoms with Crippen LogP contribution < -0.4 is 0 Å². The van der Waals surface area contributed by atoms with Crippen molar-refractivity contribution in [2.75, 3.05) is 0 Å². The molecule has 0 heterocycles. The Morgan fingerprint density at radius 1 is 0.800 bits per heavy atom. The zero-order chi connectivity index (χ0) is 20.6. The first-order chi connectivity index (χ1) is 10.6. The van der Waals surface area contributed by atoms with Gasteiger partial charge >= 0.3 is 31.9 Å². The van der Waals surface area contributed by atoms with Crippen molar-refractivity contribution in [3.63, 3.8) is 0 Å². The summed E-state index contributed by atoms with van der Waals surface area (Å²) in [6, 6.07) is -4.73. The number of alkyl halides is 10. The minimum atomic E-state index is -6.31. The van der Waals surface area contributed by atoms with Crippen molar-refractivity contribution in [2.24, 2.45) is 0 Å². The van der Waals surface area contributed by atoms with Crippen LogP contribution in [0.5, 0.6) is 0 Å². The predicted octanol–water partition coefficient (Wildman–Crippen LogP) is 4.33. The average molecular weight is 417 g/mol. The number of halogens is 10. The van der Waals surface area contributed by atoms with Crippen molar-refractivity contribution < 1.29 is 58.3 Å². The van der Waals surface area contributed by atoms with Crippen molar-refractivity contribution in [1.82, 2.24) is 4.67 Å². The van der Waals surface area contributed by atoms with Crippen LogP contribution in [-0.2, 0) is 4.57 Å². The van der Waals surface area contributed by atoms with E-state index in [2.05, 4.69) is 0 Å². The van der Waals surface area contributed by atoms with E-state index < -0.39 is 61.5 Å². The van der Waals surface area contributed by atoms with Crippen LogP contribution in [0.2, 0.25) is 0 Å². The van der Waals surface area contributed by atoms with Crippen LogP contribution in [0.3, 0.4) is 0 Å². The second-order valence-corrected chi connectivity index (χ2v) is 6.94. The second-order valence-electron chi connectivity index (χ2n) is 5.45. The lowest BCUT2D eigenvalue weighted by Crippen LogP contribution is -2.50. The standard InChI is InChI=1S/C10H14F10NO3P/c1-5(2)21(25(22,23)24)6(3-7(11,12)9(15,16)17)4-8(13,14)10(18,19)20/h5-6H,3-4H2,1-2H3,(H2,22,23,24). The van der Waals surface area contributed by atoms with E-state index in [1.807, 2.05) is 0 Å². The molecule has 0 aliphatic rings. The summed E-state index contributed by atoms with van der Waals surface area (Å²) in [6.45, 7) is 1.65. The third-order valence-corrected chi connectivity index (χ3v) is 4.41. The molecule has 0 bridgehead atoms. The smallest absolute Gasteiger partial charge is 0.312 e. The number of hydrogen-bond donors (Lipinski definition) is 2. The molecule has 0 aromatic carbocycles. The summed E-state index contributed by atoms with van der Waals surface area (Å²) in [6.07, 6.45) is -18.0. The van der Waals surface area contributed by atoms with Crippen LogP contribution in [0.4, 0.5) is 43.9 Å². The Morgan fingerprint density at radius 2 is 1.08 bits per heavy atom. The Bertz CT molecular complexity index is 470. The zero-order valence-corrected chi connectivity index (χ0v) is 13.4. The van der Waals surface area contributed by atoms with Gasteiger partial charge in [-0.2, -0.15) is 43.9 Å². The van der Waals surface area contributed by atoms with E-state index in [-0.39, 0.29) is 0 Å². The molecule has 0 amide bonds. The Kier molecular flexibility index (Phi) is 7.03. The molecule has 2 N–H and O–H groups in total. The molecule has 0 unspecified atom stereocenters. The van der Waals surface area contributed by atoms with Crippen molar-refractivity contribution in [2.45, 2.75) is 63.0 Å². The first kappa shape index (κ1) is 24.4. The van der Waals surface area contributed by atoms with Gasteiger partial charge in [-0.3, -0.25) is 0 Å². The minimum Gasteiger partial charge on any atom is -0.312 e. The maximum Gasteiger partial charge on any atom is 0.453 e. The van der Waals surface area contributed by atoms with Gasteiger partial charge in [0.15, 0.2) is 0 Å². The molecule has 0 fully saturated rings. The number of nitrogens with zero attached hydrogens (tertiary/aromatic N) is 1. The average Bonchev–Trinajstić information content (AvgIpc) is 2.20. The summed E-state index contributed by atoms with van der Waals surface area (Å²) in [4.78, 5) is 18.0. The molecular weight excluding hydrogens is 403 g/mol. The highest BCUT2D eigenvalue weighted by Crippen LogP contribution is 2.51. The van der Waals surface area contributed by atoms with Gasteiger partial charge < -0.3 is 9.79 Å². The first-order valence-electron chi connectivity index (χ1n) is 6.37. The van der Waals surface area contributed by atoms with E-state index in [0.717, 1.165) is 13.8 Å². The highest BCUT2D eigenvalue weighted by atomic mass is 31.2. The molecule has 0 aliphatic heterocycles. The Morgan fingerprint density at radius 3 is 1.24 bits per heavy atom. The lowest BCUT2D eigenvalue weighted by atomic mass is 9.99. The van der Waals surface area contributed by atoms with Crippen molar-refractivity contribution in [3.8, 4) is 0 Å². The van der Waals surface area contributed by atoms with Gasteiger partial charge in [0, 0.05) is 24.9 Å². The van der Waals surface area contributed by atoms with Crippen LogP contribution in [0.1, 0.15) is 26.7 Å². The molecule has 0 atom stereocenters. The summed E-state index contributed by atoms with van der Waals surface area (Å²) in [7, 11) is -5.73. The van der Waals surface area contributed by atoms with Gasteiger partial charge in [-0.05, 0) is 13.8 Å². The van der Waals surface area contributed by atoms with E-state index in [4.69, 9.17) is 9.79 Å². The van der Waals surface area contributed by atoms with Crippen LogP contribution in [0, 0.1) is 0 Å². The normalized spacial score (nSPS) is 15.6. The molecule has 152 valence electrons. The fourth-order valence-electron chi connectivity index (χ4n) is 2.02. The van der Waals surface area contributed by atoms with E-state index in [0.29, 0.717) is 0 Å². The van der Waals surface area contributed by atoms with Gasteiger partial charge in [0.2, 0.25) is 0 Å². The molecule has 4 nitrogen and oxygen atoms in total. The fourth-order valence-corrected chi connectivity index (χ4v) is 3.21. The topological polar surface area (TPSA) is 60.8 Å². The van der Waals surface area contributed by atoms with Crippen molar-refractivity contribution >= 4 is 7.75 Å². The third-order valence-electron chi connectivity index (χ3n) is 3.02. The largest absolute Gasteiger partial charge is 0.453 e. The zero-order valence-electron chi connectivity index (χ0n) is 12.5. The summed E-state index contributed by atoms with van der Waals surface area (Å²) in [5, 5.41) is 0. The SMILES string of the molecule is CC(C)N(C(CC(F)(F)C(F)(F)F)CC(F)(F)C(F)(F)F)P(=O)(O)O. The maximum absolute atomic E-state index is 13.1. The summed E-state index contributed by atoms with van der Waals surface area (Å²) >= 11 is 0. The highest BCUT2D eigenvalue weighted by Gasteiger charge is 2.63. The molecule has 0 spiro atoms. The van der Waals surface area contributed by atoms with Crippen molar-refractivity contribution in [1.29, 1.82) is 0 Å². The monoisotopic (exact) mass is 417 g/mol. The van der Waals surface area contributed by atoms with E-state index in [9.17, 15) is 48.5 Å². The molecule has 0 aromatic heterocycles. The second kappa shape index (κ2) is 7.20. The highest BCUT2D eigenvalue weighted by molar-refractivity contribution is 7.49. The molecule has 0 saturated carbocycles. The Balaban J connectivity index is 6.03. The molecule has 0 radical (unpaired) electrons. The molecule has 0 aromatic rings. The van der Waals surface area contributed by atoms with Crippen LogP contribution in [0.25, 0.3) is 0 Å². The van der Waals surface area contributed by atoms with Crippen LogP contribution in [0.15, 0.2) is 0 Å². The van der Waals surface area contributed by atoms with Gasteiger partial charge in [-0.25, -0.2) is 9.24 Å². The van der Waals surface area contributed by atoms with Gasteiger partial charge in [0.1, 0.15) is 0 Å². The van der Waals surface area contributed by atoms with Gasteiger partial charge in [0.25, 0.3) is 0 Å². The Hall–Kier alpha value is -0.590. The first-order valence-corrected chi connectivity index (χ1v) is 7.93. The quantitative estimate of drug-likeness (QED) is 0.478. The molecular formula is C10H14F10NO3P. The van der Waals surface area contributed by atoms with Gasteiger partial charge in [-0.1, -0.05) is 0 Å². The fraction of sp³-hybridized carbons (Fsp3) is 1.00. The van der Waals surface area contributed by atoms with E-state index >= 15 is 0 Å². The number of rotatable bonds is 7. The molecule has 25 heavy (non-hydrogen) atoms. The Labute approximate surface area is 135 Å². The molecule has 0 aliphatic carbocycles. The molecule has 15 heteroatoms. The van der Waals surface area contributed by atoms with Gasteiger partial charge in [-0.15, -0.1) is 0 Å². The third kappa shape index (κ3) is 6.26. The minimum absolute atomic E-state index is 0.508. The van der Waals surface area contributed by atoms with Gasteiger partial charge in [0.05, 0.1) is 0 Å². The van der Waals surface area contributed by atoms with Crippen LogP contribution in [-0.4, -0.2) is 50.7 Å². The molecule has 0 saturated heterocycles. The summed E-state index contributed by atoms with van der Waals surface area (Å²) in [5.74, 6) is -11.5. The maximum atomic E-state index is 13.1. The summed E-state index contributed by atoms with van der Waals surface area (Å²) in [5.41, 5.74) is 0. The van der Waals surface area contributed by atoms with Crippen LogP contribution >= 0.6 is 7.75 Å². The lowest BCUT2D eigenvalue weighted by Gasteiger charge is -2.38. The van der Waals surface area contributed by atoms with E-state index in [1.54, 1.807) is 0 Å². The predicted molar refractivity (Wildman–Crippen MR) is 64.0 cm³/mol. The number of hydrogen-bond acceptors (Lipinski definition) is 1. The summed E-state index contributed by atoms with van der Waals surface area (Å²) < 4.78 is 137. The van der Waals surface area contributed by atoms with Crippen molar-refractivity contribution in [3.05, 3.63) is 0 Å². The molecule has 0 rings (SSSR count). The lowest BCUT2D eigenvalue weighted by molar-refractivity contribution is -0.301.